The van der Waals surface area contributed by atoms with Gasteiger partial charge < -0.3 is 28.6 Å². The highest BCUT2D eigenvalue weighted by molar-refractivity contribution is 7.44. The number of methoxy groups -OCH3 is 2. The number of carbonyl (C=O) groups excluding carboxylic acids is 1. The molecule has 4 aromatic carbocycles. The Kier molecular flexibility index (Phi) is 14.7. The second-order valence-electron chi connectivity index (χ2n) is 14.8. The molecule has 1 aliphatic rings. The van der Waals surface area contributed by atoms with Gasteiger partial charge in [-0.1, -0.05) is 72.8 Å². The maximum atomic E-state index is 13.9. The van der Waals surface area contributed by atoms with Crippen molar-refractivity contribution in [1.29, 1.82) is 5.26 Å². The molecule has 4 atom stereocenters. The van der Waals surface area contributed by atoms with Gasteiger partial charge in [-0.15, -0.1) is 0 Å². The van der Waals surface area contributed by atoms with E-state index < -0.39 is 25.9 Å². The van der Waals surface area contributed by atoms with Gasteiger partial charge in [-0.25, -0.2) is 9.46 Å². The number of hydrogen-bond acceptors (Lipinski definition) is 10. The van der Waals surface area contributed by atoms with Gasteiger partial charge in [0, 0.05) is 35.8 Å². The van der Waals surface area contributed by atoms with E-state index in [0.717, 1.165) is 16.7 Å². The minimum absolute atomic E-state index is 0.0914. The molecule has 5 aromatic rings. The Labute approximate surface area is 347 Å². The fourth-order valence-corrected chi connectivity index (χ4v) is 9.19. The van der Waals surface area contributed by atoms with Crippen LogP contribution in [0, 0.1) is 17.2 Å². The zero-order chi connectivity index (χ0) is 41.9. The molecule has 1 fully saturated rings. The van der Waals surface area contributed by atoms with Gasteiger partial charge in [0.1, 0.15) is 22.9 Å². The summed E-state index contributed by atoms with van der Waals surface area (Å²) in [4.78, 5) is 31.0. The Morgan fingerprint density at radius 3 is 1.93 bits per heavy atom. The van der Waals surface area contributed by atoms with Crippen molar-refractivity contribution in [3.05, 3.63) is 154 Å². The molecule has 12 nitrogen and oxygen atoms in total. The Morgan fingerprint density at radius 2 is 1.41 bits per heavy atom. The quantitative estimate of drug-likeness (QED) is 0.0489. The summed E-state index contributed by atoms with van der Waals surface area (Å²) in [7, 11) is 1.67. The smallest absolute Gasteiger partial charge is 0.349 e. The molecule has 13 heteroatoms. The van der Waals surface area contributed by atoms with Crippen molar-refractivity contribution in [2.45, 2.75) is 70.4 Å². The van der Waals surface area contributed by atoms with Gasteiger partial charge in [0.25, 0.3) is 14.4 Å². The average Bonchev–Trinajstić information content (AvgIpc) is 3.24. The number of nitrogens with one attached hydrogen (secondary N) is 1. The molecule has 1 aromatic heterocycles. The Morgan fingerprint density at radius 1 is 0.847 bits per heavy atom. The predicted octanol–water partition coefficient (Wildman–Crippen LogP) is 8.74. The van der Waals surface area contributed by atoms with Crippen LogP contribution in [0.25, 0.3) is 0 Å². The summed E-state index contributed by atoms with van der Waals surface area (Å²) in [5.74, 6) is 0.851. The number of hydrogen-bond donors (Lipinski definition) is 1. The fraction of sp³-hybridized carbons (Fsp3) is 0.348. The van der Waals surface area contributed by atoms with Gasteiger partial charge in [-0.2, -0.15) is 10.2 Å². The summed E-state index contributed by atoms with van der Waals surface area (Å²) in [6.07, 6.45) is 1.91. The molecule has 0 radical (unpaired) electrons. The highest BCUT2D eigenvalue weighted by Crippen LogP contribution is 2.52. The summed E-state index contributed by atoms with van der Waals surface area (Å²) in [6.45, 7) is 8.76. The zero-order valence-electron chi connectivity index (χ0n) is 34.4. The van der Waals surface area contributed by atoms with E-state index in [0.29, 0.717) is 23.5 Å². The van der Waals surface area contributed by atoms with Gasteiger partial charge in [-0.05, 0) is 93.3 Å². The van der Waals surface area contributed by atoms with Crippen molar-refractivity contribution in [3.63, 3.8) is 0 Å². The van der Waals surface area contributed by atoms with Crippen molar-refractivity contribution in [1.82, 2.24) is 14.2 Å². The third kappa shape index (κ3) is 9.90. The molecule has 1 unspecified atom stereocenters. The van der Waals surface area contributed by atoms with Gasteiger partial charge >= 0.3 is 5.69 Å². The van der Waals surface area contributed by atoms with Gasteiger partial charge in [0.2, 0.25) is 0 Å². The molecule has 0 bridgehead atoms. The first-order valence-electron chi connectivity index (χ1n) is 19.8. The molecule has 0 saturated heterocycles. The number of benzene rings is 4. The molecule has 1 heterocycles. The van der Waals surface area contributed by atoms with Crippen LogP contribution < -0.4 is 20.5 Å². The molecule has 1 amide bonds. The molecule has 308 valence electrons. The van der Waals surface area contributed by atoms with Crippen molar-refractivity contribution in [2.24, 2.45) is 5.92 Å². The number of nitrogens with zero attached hydrogens (tertiary/aromatic N) is 4. The van der Waals surface area contributed by atoms with E-state index >= 15 is 0 Å². The first-order valence-corrected chi connectivity index (χ1v) is 20.9. The second kappa shape index (κ2) is 20.0. The Hall–Kier alpha value is -5.41. The molecule has 59 heavy (non-hydrogen) atoms. The molecular formula is C46H52N5O7P. The van der Waals surface area contributed by atoms with Gasteiger partial charge in [-0.3, -0.25) is 9.36 Å². The number of aromatic nitrogens is 2. The molecule has 1 aliphatic carbocycles. The summed E-state index contributed by atoms with van der Waals surface area (Å²) in [6, 6.07) is 38.2. The van der Waals surface area contributed by atoms with Gasteiger partial charge in [0.15, 0.2) is 0 Å². The molecule has 6 rings (SSSR count). The number of nitriles is 1. The maximum absolute atomic E-state index is 13.9. The zero-order valence-corrected chi connectivity index (χ0v) is 35.3. The van der Waals surface area contributed by atoms with Crippen LogP contribution in [0.2, 0.25) is 0 Å². The van der Waals surface area contributed by atoms with Crippen LogP contribution >= 0.6 is 8.53 Å². The van der Waals surface area contributed by atoms with Crippen LogP contribution in [0.3, 0.4) is 0 Å². The second-order valence-corrected chi connectivity index (χ2v) is 16.2. The van der Waals surface area contributed by atoms with Gasteiger partial charge in [0.05, 0.1) is 46.0 Å². The SMILES string of the molecule is COc1ccc(C(O[C@H]2C[C@@H](n3ccc(NC(=O)c4ccccc4)nc3=O)[C@@H]2COP(OCCC#N)N(C(C)C)C(C)C)(c2ccccc2)c2ccc(OC)cc2)cc1. The maximum Gasteiger partial charge on any atom is 0.349 e. The Balaban J connectivity index is 1.41. The summed E-state index contributed by atoms with van der Waals surface area (Å²) < 4.78 is 35.5. The fourth-order valence-electron chi connectivity index (χ4n) is 7.54. The highest BCUT2D eigenvalue weighted by atomic mass is 31.2. The summed E-state index contributed by atoms with van der Waals surface area (Å²) in [5, 5.41) is 12.1. The third-order valence-corrected chi connectivity index (χ3v) is 12.5. The van der Waals surface area contributed by atoms with E-state index in [1.807, 2.05) is 72.8 Å². The van der Waals surface area contributed by atoms with E-state index in [4.69, 9.17) is 23.3 Å². The molecule has 0 spiro atoms. The summed E-state index contributed by atoms with van der Waals surface area (Å²) in [5.41, 5.74) is 1.49. The third-order valence-electron chi connectivity index (χ3n) is 10.5. The van der Waals surface area contributed by atoms with Crippen LogP contribution in [-0.2, 0) is 19.4 Å². The number of ether oxygens (including phenoxy) is 3. The minimum atomic E-state index is -1.60. The monoisotopic (exact) mass is 817 g/mol. The normalized spacial score (nSPS) is 17.0. The molecule has 0 aliphatic heterocycles. The number of amides is 1. The van der Waals surface area contributed by atoms with Crippen LogP contribution in [0.5, 0.6) is 11.5 Å². The van der Waals surface area contributed by atoms with Crippen LogP contribution in [0.1, 0.15) is 73.6 Å². The highest BCUT2D eigenvalue weighted by Gasteiger charge is 2.50. The molecule has 1 N–H and O–H groups in total. The average molecular weight is 818 g/mol. The van der Waals surface area contributed by atoms with Crippen LogP contribution in [0.15, 0.2) is 126 Å². The lowest BCUT2D eigenvalue weighted by Crippen LogP contribution is -2.53. The van der Waals surface area contributed by atoms with E-state index in [1.165, 1.54) is 0 Å². The minimum Gasteiger partial charge on any atom is -0.497 e. The predicted molar refractivity (Wildman–Crippen MR) is 228 cm³/mol. The van der Waals surface area contributed by atoms with Crippen LogP contribution in [0.4, 0.5) is 5.82 Å². The van der Waals surface area contributed by atoms with Crippen molar-refractivity contribution < 1.29 is 28.1 Å². The van der Waals surface area contributed by atoms with Crippen LogP contribution in [-0.4, -0.2) is 65.7 Å². The topological polar surface area (TPSA) is 137 Å². The number of carbonyl (C=O) groups is 1. The first kappa shape index (κ1) is 43.2. The van der Waals surface area contributed by atoms with Crippen molar-refractivity contribution in [3.8, 4) is 17.6 Å². The molecule has 1 saturated carbocycles. The summed E-state index contributed by atoms with van der Waals surface area (Å²) >= 11 is 0. The lowest BCUT2D eigenvalue weighted by atomic mass is 9.74. The van der Waals surface area contributed by atoms with Crippen molar-refractivity contribution >= 4 is 20.3 Å². The van der Waals surface area contributed by atoms with E-state index in [1.54, 1.807) is 55.3 Å². The largest absolute Gasteiger partial charge is 0.497 e. The number of anilines is 1. The Bertz CT molecular complexity index is 2160. The van der Waals surface area contributed by atoms with E-state index in [2.05, 4.69) is 60.9 Å². The lowest BCUT2D eigenvalue weighted by molar-refractivity contribution is -0.148. The number of rotatable bonds is 19. The molecular weight excluding hydrogens is 766 g/mol. The standard InChI is InChI=1S/C46H52N5O7P/c1-32(2)51(33(3)4)59(56-29-13-27-47)57-31-40-41(50-28-26-43(49-45(50)53)48-44(52)34-14-9-7-10-15-34)30-42(40)58-46(35-16-11-8-12-17-35,36-18-22-38(54-5)23-19-36)37-20-24-39(55-6)25-21-37/h7-12,14-26,28,32-33,40-42H,13,29-31H2,1-6H3,(H,48,49,52,53)/t40-,41+,42-,59?/m0/s1. The van der Waals surface area contributed by atoms with E-state index in [-0.39, 0.29) is 55.4 Å². The lowest BCUT2D eigenvalue weighted by Gasteiger charge is -2.50. The van der Waals surface area contributed by atoms with Crippen molar-refractivity contribution in [2.75, 3.05) is 32.8 Å². The van der Waals surface area contributed by atoms with E-state index in [9.17, 15) is 14.9 Å². The first-order chi connectivity index (χ1) is 28.6.